The normalized spacial score (nSPS) is 49.2. The number of fused-ring (bicyclic) bond motifs is 5. The van der Waals surface area contributed by atoms with Crippen LogP contribution < -0.4 is 0 Å². The fraction of sp³-hybridized carbons (Fsp3) is 0.880. The summed E-state index contributed by atoms with van der Waals surface area (Å²) in [7, 11) is 0. The molecule has 156 valence electrons. The third-order valence-electron chi connectivity index (χ3n) is 10.2. The first kappa shape index (κ1) is 19.3. The Morgan fingerprint density at radius 2 is 1.64 bits per heavy atom. The van der Waals surface area contributed by atoms with Crippen LogP contribution in [0.1, 0.15) is 79.6 Å². The summed E-state index contributed by atoms with van der Waals surface area (Å²) in [6.07, 6.45) is 10.6. The molecule has 0 spiro atoms. The van der Waals surface area contributed by atoms with Crippen molar-refractivity contribution in [3.63, 3.8) is 0 Å². The van der Waals surface area contributed by atoms with E-state index in [1.807, 2.05) is 0 Å². The average Bonchev–Trinajstić information content (AvgIpc) is 3.22. The van der Waals surface area contributed by atoms with Gasteiger partial charge in [-0.3, -0.25) is 4.79 Å². The number of hydrogen-bond acceptors (Lipinski definition) is 3. The summed E-state index contributed by atoms with van der Waals surface area (Å²) in [5, 5.41) is 0. The van der Waals surface area contributed by atoms with E-state index < -0.39 is 0 Å². The van der Waals surface area contributed by atoms with E-state index in [0.29, 0.717) is 17.1 Å². The zero-order valence-corrected chi connectivity index (χ0v) is 18.5. The van der Waals surface area contributed by atoms with E-state index >= 15 is 0 Å². The summed E-state index contributed by atoms with van der Waals surface area (Å²) in [6, 6.07) is 0. The van der Waals surface area contributed by atoms with Crippen LogP contribution in [0.25, 0.3) is 0 Å². The van der Waals surface area contributed by atoms with Gasteiger partial charge in [0, 0.05) is 17.8 Å². The first-order valence-electron chi connectivity index (χ1n) is 11.7. The maximum absolute atomic E-state index is 12.7. The first-order valence-corrected chi connectivity index (χ1v) is 11.7. The van der Waals surface area contributed by atoms with Crippen molar-refractivity contribution < 1.29 is 14.3 Å². The molecular weight excluding hydrogens is 348 g/mol. The lowest BCUT2D eigenvalue weighted by Gasteiger charge is -2.60. The Morgan fingerprint density at radius 1 is 0.929 bits per heavy atom. The molecule has 6 unspecified atom stereocenters. The summed E-state index contributed by atoms with van der Waals surface area (Å²) in [5.41, 5.74) is 1.73. The van der Waals surface area contributed by atoms with Gasteiger partial charge in [-0.15, -0.1) is 0 Å². The molecule has 4 fully saturated rings. The minimum Gasteiger partial charge on any atom is -0.348 e. The van der Waals surface area contributed by atoms with Crippen LogP contribution in [-0.4, -0.2) is 24.8 Å². The monoisotopic (exact) mass is 386 g/mol. The van der Waals surface area contributed by atoms with Gasteiger partial charge in [0.1, 0.15) is 5.78 Å². The topological polar surface area (TPSA) is 35.5 Å². The number of hydrogen-bond donors (Lipinski definition) is 0. The predicted octanol–water partition coefficient (Wildman–Crippen LogP) is 5.53. The van der Waals surface area contributed by atoms with Crippen molar-refractivity contribution in [1.29, 1.82) is 0 Å². The highest BCUT2D eigenvalue weighted by Gasteiger charge is 2.64. The summed E-state index contributed by atoms with van der Waals surface area (Å²) < 4.78 is 12.3. The molecule has 0 radical (unpaired) electrons. The molecule has 0 bridgehead atoms. The fourth-order valence-electron chi connectivity index (χ4n) is 8.81. The minimum absolute atomic E-state index is 0.212. The number of allylic oxidation sites excluding steroid dienone is 2. The molecule has 3 heteroatoms. The Morgan fingerprint density at radius 3 is 2.36 bits per heavy atom. The molecule has 3 nitrogen and oxygen atoms in total. The van der Waals surface area contributed by atoms with E-state index in [0.717, 1.165) is 50.2 Å². The van der Waals surface area contributed by atoms with Gasteiger partial charge in [0.2, 0.25) is 0 Å². The molecule has 28 heavy (non-hydrogen) atoms. The lowest BCUT2D eigenvalue weighted by molar-refractivity contribution is -0.214. The van der Waals surface area contributed by atoms with Crippen LogP contribution in [0.4, 0.5) is 0 Å². The second-order valence-electron chi connectivity index (χ2n) is 11.6. The first-order chi connectivity index (χ1) is 13.1. The molecule has 0 aromatic rings. The molecular formula is C25H38O3. The summed E-state index contributed by atoms with van der Waals surface area (Å²) >= 11 is 0. The van der Waals surface area contributed by atoms with Gasteiger partial charge in [0.05, 0.1) is 13.2 Å². The minimum atomic E-state index is -0.380. The van der Waals surface area contributed by atoms with Gasteiger partial charge in [-0.1, -0.05) is 25.5 Å². The average molecular weight is 387 g/mol. The SMILES string of the molecule is CC1(C)C(=O)CCC2(C)C1=CCC1C2CCC2(C)C1CCC2C1(C)OCCO1. The Labute approximate surface area is 170 Å². The van der Waals surface area contributed by atoms with Gasteiger partial charge in [0.15, 0.2) is 5.79 Å². The van der Waals surface area contributed by atoms with Crippen LogP contribution in [0, 0.1) is 39.9 Å². The fourth-order valence-corrected chi connectivity index (χ4v) is 8.81. The van der Waals surface area contributed by atoms with E-state index in [1.165, 1.54) is 31.3 Å². The van der Waals surface area contributed by atoms with Crippen LogP contribution in [0.2, 0.25) is 0 Å². The lowest BCUT2D eigenvalue weighted by Crippen LogP contribution is -2.55. The number of ketones is 1. The maximum Gasteiger partial charge on any atom is 0.169 e. The summed E-state index contributed by atoms with van der Waals surface area (Å²) in [5.74, 6) is 2.82. The number of carbonyl (C=O) groups excluding carboxylic acids is 1. The Balaban J connectivity index is 1.49. The van der Waals surface area contributed by atoms with Crippen molar-refractivity contribution in [2.24, 2.45) is 39.9 Å². The smallest absolute Gasteiger partial charge is 0.169 e. The second kappa shape index (κ2) is 5.94. The van der Waals surface area contributed by atoms with Gasteiger partial charge in [-0.2, -0.15) is 0 Å². The quantitative estimate of drug-likeness (QED) is 0.556. The maximum atomic E-state index is 12.7. The van der Waals surface area contributed by atoms with Crippen LogP contribution in [0.3, 0.4) is 0 Å². The van der Waals surface area contributed by atoms with Crippen LogP contribution in [0.5, 0.6) is 0 Å². The molecule has 4 aliphatic carbocycles. The molecule has 1 heterocycles. The molecule has 5 aliphatic rings. The lowest BCUT2D eigenvalue weighted by atomic mass is 9.44. The standard InChI is InChI=1S/C25H38O3/c1-22(2)19-8-6-16-17-7-9-20(25(5)27-14-15-28-25)24(17,4)12-10-18(16)23(19,3)13-11-21(22)26/h8,16-18,20H,6-7,9-15H2,1-5H3. The third-order valence-corrected chi connectivity index (χ3v) is 10.2. The largest absolute Gasteiger partial charge is 0.348 e. The number of Topliss-reactive ketones (excluding diaryl/α,β-unsaturated/α-hetero) is 1. The van der Waals surface area contributed by atoms with Crippen LogP contribution in [0.15, 0.2) is 11.6 Å². The Hall–Kier alpha value is -0.670. The van der Waals surface area contributed by atoms with Crippen LogP contribution in [-0.2, 0) is 14.3 Å². The molecule has 5 rings (SSSR count). The number of ether oxygens (including phenoxy) is 2. The number of rotatable bonds is 1. The van der Waals surface area contributed by atoms with Crippen molar-refractivity contribution >= 4 is 5.78 Å². The highest BCUT2D eigenvalue weighted by Crippen LogP contribution is 2.69. The van der Waals surface area contributed by atoms with Gasteiger partial charge in [-0.05, 0) is 87.9 Å². The molecule has 0 amide bonds. The predicted molar refractivity (Wildman–Crippen MR) is 110 cm³/mol. The van der Waals surface area contributed by atoms with Crippen LogP contribution >= 0.6 is 0 Å². The molecule has 1 aliphatic heterocycles. The van der Waals surface area contributed by atoms with Crippen molar-refractivity contribution in [3.05, 3.63) is 11.6 Å². The highest BCUT2D eigenvalue weighted by atomic mass is 16.7. The van der Waals surface area contributed by atoms with Crippen molar-refractivity contribution in [2.75, 3.05) is 13.2 Å². The number of carbonyl (C=O) groups is 1. The van der Waals surface area contributed by atoms with E-state index in [2.05, 4.69) is 40.7 Å². The molecule has 6 atom stereocenters. The van der Waals surface area contributed by atoms with Gasteiger partial charge in [-0.25, -0.2) is 0 Å². The van der Waals surface area contributed by atoms with Crippen molar-refractivity contribution in [1.82, 2.24) is 0 Å². The van der Waals surface area contributed by atoms with Crippen molar-refractivity contribution in [3.8, 4) is 0 Å². The zero-order valence-electron chi connectivity index (χ0n) is 18.5. The molecule has 3 saturated carbocycles. The van der Waals surface area contributed by atoms with Crippen molar-refractivity contribution in [2.45, 2.75) is 85.4 Å². The Bertz CT molecular complexity index is 715. The Kier molecular flexibility index (Phi) is 4.09. The second-order valence-corrected chi connectivity index (χ2v) is 11.6. The molecule has 0 aromatic heterocycles. The van der Waals surface area contributed by atoms with Gasteiger partial charge in [0.25, 0.3) is 0 Å². The summed E-state index contributed by atoms with van der Waals surface area (Å²) in [6.45, 7) is 13.1. The highest BCUT2D eigenvalue weighted by molar-refractivity contribution is 5.89. The van der Waals surface area contributed by atoms with Gasteiger partial charge < -0.3 is 9.47 Å². The molecule has 0 N–H and O–H groups in total. The zero-order chi connectivity index (χ0) is 19.9. The molecule has 1 saturated heterocycles. The van der Waals surface area contributed by atoms with E-state index in [-0.39, 0.29) is 16.6 Å². The van der Waals surface area contributed by atoms with E-state index in [4.69, 9.17) is 9.47 Å². The summed E-state index contributed by atoms with van der Waals surface area (Å²) in [4.78, 5) is 12.7. The van der Waals surface area contributed by atoms with E-state index in [9.17, 15) is 4.79 Å². The van der Waals surface area contributed by atoms with E-state index in [1.54, 1.807) is 0 Å². The molecule has 0 aromatic carbocycles. The third kappa shape index (κ3) is 2.32. The van der Waals surface area contributed by atoms with Gasteiger partial charge >= 0.3 is 0 Å².